The van der Waals surface area contributed by atoms with Gasteiger partial charge in [-0.05, 0) is 25.3 Å². The molecule has 0 radical (unpaired) electrons. The van der Waals surface area contributed by atoms with Crippen LogP contribution in [0, 0.1) is 20.2 Å². The third-order valence-electron chi connectivity index (χ3n) is 3.17. The smallest absolute Gasteiger partial charge is 0.320 e. The summed E-state index contributed by atoms with van der Waals surface area (Å²) in [6.45, 7) is 0. The number of nitrogens with two attached hydrogens (primary N) is 2. The highest BCUT2D eigenvalue weighted by Crippen LogP contribution is 2.30. The van der Waals surface area contributed by atoms with Crippen molar-refractivity contribution in [2.45, 2.75) is 31.3 Å². The minimum atomic E-state index is -1.13. The molecule has 2 unspecified atom stereocenters. The summed E-state index contributed by atoms with van der Waals surface area (Å²) in [4.78, 5) is 30.8. The van der Waals surface area contributed by atoms with Gasteiger partial charge in [0.1, 0.15) is 6.04 Å². The van der Waals surface area contributed by atoms with Gasteiger partial charge in [0.25, 0.3) is 11.4 Å². The Labute approximate surface area is 137 Å². The molecular formula is C12H17ClN4O6. The fraction of sp³-hybridized carbons (Fsp3) is 0.417. The van der Waals surface area contributed by atoms with E-state index in [2.05, 4.69) is 0 Å². The van der Waals surface area contributed by atoms with Gasteiger partial charge in [0, 0.05) is 17.7 Å². The lowest BCUT2D eigenvalue weighted by Crippen LogP contribution is -2.30. The molecule has 0 fully saturated rings. The van der Waals surface area contributed by atoms with Crippen molar-refractivity contribution in [2.75, 3.05) is 0 Å². The van der Waals surface area contributed by atoms with Gasteiger partial charge in [-0.15, -0.1) is 12.4 Å². The van der Waals surface area contributed by atoms with Crippen molar-refractivity contribution in [2.24, 2.45) is 11.5 Å². The van der Waals surface area contributed by atoms with E-state index in [-0.39, 0.29) is 30.8 Å². The number of nitrogens with zero attached hydrogens (tertiary/aromatic N) is 2. The van der Waals surface area contributed by atoms with Crippen LogP contribution in [0.3, 0.4) is 0 Å². The van der Waals surface area contributed by atoms with E-state index >= 15 is 0 Å². The van der Waals surface area contributed by atoms with Gasteiger partial charge in [-0.3, -0.25) is 25.0 Å². The van der Waals surface area contributed by atoms with Crippen LogP contribution in [0.2, 0.25) is 0 Å². The number of halogens is 1. The minimum Gasteiger partial charge on any atom is -0.480 e. The van der Waals surface area contributed by atoms with Gasteiger partial charge >= 0.3 is 5.97 Å². The summed E-state index contributed by atoms with van der Waals surface area (Å²) < 4.78 is 0. The Balaban J connectivity index is 0.00000484. The van der Waals surface area contributed by atoms with Crippen LogP contribution in [0.15, 0.2) is 18.2 Å². The molecule has 0 aromatic heterocycles. The molecule has 1 aromatic carbocycles. The second-order valence-electron chi connectivity index (χ2n) is 4.74. The van der Waals surface area contributed by atoms with Gasteiger partial charge in [-0.2, -0.15) is 0 Å². The molecule has 0 heterocycles. The second-order valence-corrected chi connectivity index (χ2v) is 4.74. The Kier molecular flexibility index (Phi) is 8.08. The summed E-state index contributed by atoms with van der Waals surface area (Å²) in [7, 11) is 0. The highest BCUT2D eigenvalue weighted by molar-refractivity contribution is 5.85. The van der Waals surface area contributed by atoms with Crippen molar-refractivity contribution in [3.05, 3.63) is 44.0 Å². The highest BCUT2D eigenvalue weighted by Gasteiger charge is 2.23. The maximum atomic E-state index is 11.0. The van der Waals surface area contributed by atoms with Crippen molar-refractivity contribution in [3.8, 4) is 0 Å². The minimum absolute atomic E-state index is 0. The summed E-state index contributed by atoms with van der Waals surface area (Å²) in [6.07, 6.45) is 0.826. The summed E-state index contributed by atoms with van der Waals surface area (Å²) in [5.74, 6) is -1.13. The molecule has 0 aliphatic heterocycles. The molecule has 0 saturated heterocycles. The van der Waals surface area contributed by atoms with Crippen molar-refractivity contribution in [1.29, 1.82) is 0 Å². The maximum Gasteiger partial charge on any atom is 0.320 e. The highest BCUT2D eigenvalue weighted by atomic mass is 35.5. The van der Waals surface area contributed by atoms with Crippen LogP contribution >= 0.6 is 12.4 Å². The van der Waals surface area contributed by atoms with Crippen molar-refractivity contribution in [1.82, 2.24) is 0 Å². The van der Waals surface area contributed by atoms with Crippen LogP contribution in [0.25, 0.3) is 0 Å². The number of nitro groups is 2. The molecule has 0 bridgehead atoms. The monoisotopic (exact) mass is 348 g/mol. The lowest BCUT2D eigenvalue weighted by atomic mass is 9.98. The zero-order valence-electron chi connectivity index (χ0n) is 12.0. The van der Waals surface area contributed by atoms with E-state index in [0.29, 0.717) is 6.42 Å². The van der Waals surface area contributed by atoms with E-state index in [4.69, 9.17) is 16.6 Å². The van der Waals surface area contributed by atoms with E-state index in [1.807, 2.05) is 0 Å². The predicted molar refractivity (Wildman–Crippen MR) is 83.4 cm³/mol. The molecular weight excluding hydrogens is 332 g/mol. The SMILES string of the molecule is Cl.NC(CCCC(N)c1ccc([N+](=O)[O-])cc1[N+](=O)[O-])C(=O)O. The quantitative estimate of drug-likeness (QED) is 0.467. The van der Waals surface area contributed by atoms with Crippen LogP contribution < -0.4 is 11.5 Å². The lowest BCUT2D eigenvalue weighted by molar-refractivity contribution is -0.394. The number of non-ortho nitro benzene ring substituents is 1. The molecule has 5 N–H and O–H groups in total. The number of carbonyl (C=O) groups is 1. The van der Waals surface area contributed by atoms with Crippen molar-refractivity contribution in [3.63, 3.8) is 0 Å². The fourth-order valence-corrected chi connectivity index (χ4v) is 1.95. The summed E-state index contributed by atoms with van der Waals surface area (Å²) in [5, 5.41) is 30.3. The van der Waals surface area contributed by atoms with E-state index in [1.54, 1.807) is 0 Å². The number of aliphatic carboxylic acids is 1. The molecule has 0 amide bonds. The molecule has 11 heteroatoms. The van der Waals surface area contributed by atoms with Crippen LogP contribution in [-0.4, -0.2) is 27.0 Å². The molecule has 2 atom stereocenters. The number of benzene rings is 1. The van der Waals surface area contributed by atoms with E-state index in [9.17, 15) is 25.0 Å². The summed E-state index contributed by atoms with van der Waals surface area (Å²) in [6, 6.07) is 1.50. The first-order chi connectivity index (χ1) is 10.2. The zero-order valence-corrected chi connectivity index (χ0v) is 12.8. The van der Waals surface area contributed by atoms with E-state index in [0.717, 1.165) is 12.1 Å². The van der Waals surface area contributed by atoms with E-state index in [1.165, 1.54) is 6.07 Å². The Morgan fingerprint density at radius 2 is 1.78 bits per heavy atom. The third kappa shape index (κ3) is 5.77. The molecule has 1 aromatic rings. The van der Waals surface area contributed by atoms with Gasteiger partial charge in [0.05, 0.1) is 15.9 Å². The Morgan fingerprint density at radius 1 is 1.17 bits per heavy atom. The Bertz CT molecular complexity index is 597. The Hall–Kier alpha value is -2.30. The predicted octanol–water partition coefficient (Wildman–Crippen LogP) is 1.51. The van der Waals surface area contributed by atoms with Gasteiger partial charge in [0.15, 0.2) is 0 Å². The van der Waals surface area contributed by atoms with E-state index < -0.39 is 39.3 Å². The first-order valence-corrected chi connectivity index (χ1v) is 6.40. The first kappa shape index (κ1) is 20.7. The molecule has 1 rings (SSSR count). The topological polar surface area (TPSA) is 176 Å². The first-order valence-electron chi connectivity index (χ1n) is 6.40. The van der Waals surface area contributed by atoms with Gasteiger partial charge in [-0.1, -0.05) is 0 Å². The number of carboxylic acid groups (broad SMARTS) is 1. The standard InChI is InChI=1S/C12H16N4O6.ClH/c13-9(2-1-3-10(14)12(17)18)8-5-4-7(15(19)20)6-11(8)16(21)22;/h4-6,9-10H,1-3,13-14H2,(H,17,18);1H. The maximum absolute atomic E-state index is 11.0. The molecule has 10 nitrogen and oxygen atoms in total. The summed E-state index contributed by atoms with van der Waals surface area (Å²) in [5.41, 5.74) is 10.6. The van der Waals surface area contributed by atoms with Crippen LogP contribution in [-0.2, 0) is 4.79 Å². The molecule has 0 aliphatic rings. The van der Waals surface area contributed by atoms with Gasteiger partial charge < -0.3 is 16.6 Å². The number of carboxylic acids is 1. The summed E-state index contributed by atoms with van der Waals surface area (Å²) >= 11 is 0. The number of nitro benzene ring substituents is 2. The van der Waals surface area contributed by atoms with Gasteiger partial charge in [-0.25, -0.2) is 0 Å². The average molecular weight is 349 g/mol. The number of hydrogen-bond acceptors (Lipinski definition) is 7. The molecule has 0 spiro atoms. The normalized spacial score (nSPS) is 12.8. The average Bonchev–Trinajstić information content (AvgIpc) is 2.45. The zero-order chi connectivity index (χ0) is 16.9. The Morgan fingerprint density at radius 3 is 2.26 bits per heavy atom. The number of rotatable bonds is 8. The van der Waals surface area contributed by atoms with Crippen molar-refractivity contribution >= 4 is 29.8 Å². The lowest BCUT2D eigenvalue weighted by Gasteiger charge is -2.13. The number of hydrogen-bond donors (Lipinski definition) is 3. The van der Waals surface area contributed by atoms with Gasteiger partial charge in [0.2, 0.25) is 0 Å². The molecule has 128 valence electrons. The fourth-order valence-electron chi connectivity index (χ4n) is 1.95. The molecule has 0 aliphatic carbocycles. The molecule has 0 saturated carbocycles. The van der Waals surface area contributed by atoms with Crippen molar-refractivity contribution < 1.29 is 19.7 Å². The van der Waals surface area contributed by atoms with Crippen LogP contribution in [0.4, 0.5) is 11.4 Å². The molecule has 23 heavy (non-hydrogen) atoms. The third-order valence-corrected chi connectivity index (χ3v) is 3.17. The van der Waals surface area contributed by atoms with Crippen LogP contribution in [0.5, 0.6) is 0 Å². The second kappa shape index (κ2) is 8.98. The largest absolute Gasteiger partial charge is 0.480 e. The van der Waals surface area contributed by atoms with Crippen LogP contribution in [0.1, 0.15) is 30.9 Å².